The van der Waals surface area contributed by atoms with Crippen molar-refractivity contribution in [1.82, 2.24) is 9.97 Å². The second kappa shape index (κ2) is 2.27. The summed E-state index contributed by atoms with van der Waals surface area (Å²) in [6.45, 7) is 1.55. The molecule has 2 aromatic rings. The van der Waals surface area contributed by atoms with Crippen LogP contribution in [0.25, 0.3) is 11.0 Å². The van der Waals surface area contributed by atoms with E-state index in [0.717, 1.165) is 6.20 Å². The summed E-state index contributed by atoms with van der Waals surface area (Å²) in [4.78, 5) is 6.06. The van der Waals surface area contributed by atoms with Gasteiger partial charge in [0.2, 0.25) is 5.95 Å². The molecule has 0 spiro atoms. The molecule has 0 radical (unpaired) electrons. The van der Waals surface area contributed by atoms with Gasteiger partial charge in [-0.2, -0.15) is 4.39 Å². The van der Waals surface area contributed by atoms with Crippen molar-refractivity contribution in [3.8, 4) is 0 Å². The van der Waals surface area contributed by atoms with Crippen LogP contribution in [0.15, 0.2) is 12.3 Å². The highest BCUT2D eigenvalue weighted by Gasteiger charge is 2.07. The molecule has 12 heavy (non-hydrogen) atoms. The molecule has 0 unspecified atom stereocenters. The van der Waals surface area contributed by atoms with E-state index >= 15 is 0 Å². The van der Waals surface area contributed by atoms with E-state index in [0.29, 0.717) is 10.9 Å². The SMILES string of the molecule is Cc1cc2c(F)c[nH]c2nc1F. The number of aromatic amines is 1. The monoisotopic (exact) mass is 168 g/mol. The zero-order valence-corrected chi connectivity index (χ0v) is 6.36. The van der Waals surface area contributed by atoms with Gasteiger partial charge in [0.15, 0.2) is 0 Å². The van der Waals surface area contributed by atoms with Crippen LogP contribution in [0.3, 0.4) is 0 Å². The van der Waals surface area contributed by atoms with Crippen LogP contribution < -0.4 is 0 Å². The van der Waals surface area contributed by atoms with Gasteiger partial charge in [0.25, 0.3) is 0 Å². The van der Waals surface area contributed by atoms with Crippen LogP contribution in [0.5, 0.6) is 0 Å². The zero-order valence-electron chi connectivity index (χ0n) is 6.36. The number of H-pyrrole nitrogens is 1. The maximum Gasteiger partial charge on any atom is 0.217 e. The predicted octanol–water partition coefficient (Wildman–Crippen LogP) is 2.15. The summed E-state index contributed by atoms with van der Waals surface area (Å²) in [5.41, 5.74) is 0.594. The van der Waals surface area contributed by atoms with Gasteiger partial charge in [-0.15, -0.1) is 0 Å². The van der Waals surface area contributed by atoms with Crippen LogP contribution in [-0.4, -0.2) is 9.97 Å². The Labute approximate surface area is 67.2 Å². The van der Waals surface area contributed by atoms with Gasteiger partial charge in [-0.3, -0.25) is 0 Å². The van der Waals surface area contributed by atoms with Gasteiger partial charge < -0.3 is 4.98 Å². The molecule has 0 saturated heterocycles. The molecule has 0 atom stereocenters. The number of fused-ring (bicyclic) bond motifs is 1. The third-order valence-corrected chi connectivity index (χ3v) is 1.74. The molecule has 4 heteroatoms. The summed E-state index contributed by atoms with van der Waals surface area (Å²) in [5, 5.41) is 0.328. The summed E-state index contributed by atoms with van der Waals surface area (Å²) in [6, 6.07) is 1.43. The first-order valence-corrected chi connectivity index (χ1v) is 3.48. The van der Waals surface area contributed by atoms with Crippen molar-refractivity contribution in [3.05, 3.63) is 29.6 Å². The number of aromatic nitrogens is 2. The summed E-state index contributed by atoms with van der Waals surface area (Å²) in [5.74, 6) is -0.968. The molecule has 1 N–H and O–H groups in total. The molecule has 0 bridgehead atoms. The lowest BCUT2D eigenvalue weighted by Gasteiger charge is -1.94. The molecule has 0 aromatic carbocycles. The summed E-state index contributed by atoms with van der Waals surface area (Å²) in [7, 11) is 0. The van der Waals surface area contributed by atoms with Crippen LogP contribution >= 0.6 is 0 Å². The first-order chi connectivity index (χ1) is 5.68. The predicted molar refractivity (Wildman–Crippen MR) is 40.7 cm³/mol. The number of rotatable bonds is 0. The van der Waals surface area contributed by atoms with Crippen molar-refractivity contribution < 1.29 is 8.78 Å². The quantitative estimate of drug-likeness (QED) is 0.600. The topological polar surface area (TPSA) is 28.7 Å². The lowest BCUT2D eigenvalue weighted by Crippen LogP contribution is -1.88. The van der Waals surface area contributed by atoms with E-state index in [2.05, 4.69) is 9.97 Å². The van der Waals surface area contributed by atoms with E-state index in [9.17, 15) is 8.78 Å². The van der Waals surface area contributed by atoms with E-state index in [1.807, 2.05) is 0 Å². The van der Waals surface area contributed by atoms with Crippen LogP contribution in [-0.2, 0) is 0 Å². The number of hydrogen-bond donors (Lipinski definition) is 1. The molecular weight excluding hydrogens is 162 g/mol. The second-order valence-electron chi connectivity index (χ2n) is 2.63. The molecule has 2 rings (SSSR count). The van der Waals surface area contributed by atoms with Gasteiger partial charge in [-0.1, -0.05) is 0 Å². The minimum absolute atomic E-state index is 0.246. The third-order valence-electron chi connectivity index (χ3n) is 1.74. The number of pyridine rings is 1. The van der Waals surface area contributed by atoms with Crippen LogP contribution in [0, 0.1) is 18.7 Å². The Hall–Kier alpha value is -1.45. The van der Waals surface area contributed by atoms with Gasteiger partial charge in [0, 0.05) is 11.8 Å². The molecule has 0 aliphatic carbocycles. The third kappa shape index (κ3) is 0.879. The van der Waals surface area contributed by atoms with Gasteiger partial charge in [0.05, 0.1) is 5.39 Å². The van der Waals surface area contributed by atoms with Crippen molar-refractivity contribution in [2.45, 2.75) is 6.92 Å². The van der Waals surface area contributed by atoms with Crippen molar-refractivity contribution in [2.24, 2.45) is 0 Å². The number of hydrogen-bond acceptors (Lipinski definition) is 1. The average Bonchev–Trinajstić information content (AvgIpc) is 2.35. The molecule has 0 fully saturated rings. The standard InChI is InChI=1S/C8H6F2N2/c1-4-2-5-6(9)3-11-8(5)12-7(4)10/h2-3H,1H3,(H,11,12). The van der Waals surface area contributed by atoms with Gasteiger partial charge in [-0.05, 0) is 13.0 Å². The molecule has 2 nitrogen and oxygen atoms in total. The molecule has 0 aliphatic heterocycles. The fraction of sp³-hybridized carbons (Fsp3) is 0.125. The largest absolute Gasteiger partial charge is 0.343 e. The van der Waals surface area contributed by atoms with Crippen molar-refractivity contribution >= 4 is 11.0 Å². The first-order valence-electron chi connectivity index (χ1n) is 3.48. The van der Waals surface area contributed by atoms with Gasteiger partial charge in [-0.25, -0.2) is 9.37 Å². The van der Waals surface area contributed by atoms with Gasteiger partial charge in [0.1, 0.15) is 11.5 Å². The molecule has 0 amide bonds. The summed E-state index contributed by atoms with van der Waals surface area (Å²) in [6.07, 6.45) is 1.16. The summed E-state index contributed by atoms with van der Waals surface area (Å²) >= 11 is 0. The highest BCUT2D eigenvalue weighted by Crippen LogP contribution is 2.17. The number of nitrogens with one attached hydrogen (secondary N) is 1. The fourth-order valence-corrected chi connectivity index (χ4v) is 1.09. The second-order valence-corrected chi connectivity index (χ2v) is 2.63. The molecule has 2 aromatic heterocycles. The first kappa shape index (κ1) is 7.21. The Morgan fingerprint density at radius 2 is 2.17 bits per heavy atom. The lowest BCUT2D eigenvalue weighted by molar-refractivity contribution is 0.578. The number of halogens is 2. The highest BCUT2D eigenvalue weighted by molar-refractivity contribution is 5.76. The maximum absolute atomic E-state index is 12.9. The van der Waals surface area contributed by atoms with E-state index < -0.39 is 11.8 Å². The Balaban J connectivity index is 2.87. The number of nitrogens with zero attached hydrogens (tertiary/aromatic N) is 1. The molecule has 0 saturated carbocycles. The van der Waals surface area contributed by atoms with Crippen molar-refractivity contribution in [3.63, 3.8) is 0 Å². The fourth-order valence-electron chi connectivity index (χ4n) is 1.09. The molecule has 0 aliphatic rings. The average molecular weight is 168 g/mol. The Morgan fingerprint density at radius 3 is 2.92 bits per heavy atom. The van der Waals surface area contributed by atoms with E-state index in [1.54, 1.807) is 6.92 Å². The van der Waals surface area contributed by atoms with Crippen LogP contribution in [0.1, 0.15) is 5.56 Å². The smallest absolute Gasteiger partial charge is 0.217 e. The van der Waals surface area contributed by atoms with E-state index in [4.69, 9.17) is 0 Å². The lowest BCUT2D eigenvalue weighted by atomic mass is 10.2. The Bertz CT molecular complexity index is 434. The maximum atomic E-state index is 12.9. The Kier molecular flexibility index (Phi) is 1.36. The molecule has 62 valence electrons. The minimum Gasteiger partial charge on any atom is -0.343 e. The highest BCUT2D eigenvalue weighted by atomic mass is 19.1. The zero-order chi connectivity index (χ0) is 8.72. The van der Waals surface area contributed by atoms with Crippen molar-refractivity contribution in [1.29, 1.82) is 0 Å². The minimum atomic E-state index is -0.565. The summed E-state index contributed by atoms with van der Waals surface area (Å²) < 4.78 is 25.7. The van der Waals surface area contributed by atoms with Crippen LogP contribution in [0.4, 0.5) is 8.78 Å². The van der Waals surface area contributed by atoms with Crippen LogP contribution in [0.2, 0.25) is 0 Å². The van der Waals surface area contributed by atoms with E-state index in [1.165, 1.54) is 6.07 Å². The Morgan fingerprint density at radius 1 is 1.42 bits per heavy atom. The molecular formula is C8H6F2N2. The van der Waals surface area contributed by atoms with Crippen molar-refractivity contribution in [2.75, 3.05) is 0 Å². The normalized spacial score (nSPS) is 10.9. The van der Waals surface area contributed by atoms with E-state index in [-0.39, 0.29) is 5.65 Å². The molecule has 2 heterocycles. The number of aryl methyl sites for hydroxylation is 1. The van der Waals surface area contributed by atoms with Gasteiger partial charge >= 0.3 is 0 Å².